The molecular formula is C20H24FN3O3. The van der Waals surface area contributed by atoms with Crippen molar-refractivity contribution < 1.29 is 19.1 Å². The van der Waals surface area contributed by atoms with E-state index in [0.29, 0.717) is 41.2 Å². The van der Waals surface area contributed by atoms with E-state index >= 15 is 0 Å². The standard InChI is InChI=1S/C20H24FN3O3/c1-20(2,25)17-8-14(16-7-5-6-13(12-26-3)18(16)21)9-22-19(17)24-10-15(11-24)23-27-4/h5-9,25H,10-12H2,1-4H3. The lowest BCUT2D eigenvalue weighted by atomic mass is 9.93. The van der Waals surface area contributed by atoms with Crippen LogP contribution in [0.2, 0.25) is 0 Å². The zero-order valence-electron chi connectivity index (χ0n) is 16.0. The lowest BCUT2D eigenvalue weighted by Gasteiger charge is -2.36. The second-order valence-electron chi connectivity index (χ2n) is 7.06. The topological polar surface area (TPSA) is 67.2 Å². The van der Waals surface area contributed by atoms with Gasteiger partial charge in [-0.1, -0.05) is 23.4 Å². The highest BCUT2D eigenvalue weighted by molar-refractivity contribution is 5.99. The maximum absolute atomic E-state index is 14.8. The number of oxime groups is 1. The van der Waals surface area contributed by atoms with Gasteiger partial charge in [-0.3, -0.25) is 0 Å². The van der Waals surface area contributed by atoms with E-state index in [1.54, 1.807) is 44.3 Å². The van der Waals surface area contributed by atoms with Gasteiger partial charge in [0.05, 0.1) is 31.0 Å². The summed E-state index contributed by atoms with van der Waals surface area (Å²) in [5, 5.41) is 14.6. The minimum atomic E-state index is -1.13. The van der Waals surface area contributed by atoms with Crippen LogP contribution in [0, 0.1) is 5.82 Å². The summed E-state index contributed by atoms with van der Waals surface area (Å²) >= 11 is 0. The Bertz CT molecular complexity index is 854. The van der Waals surface area contributed by atoms with Crippen molar-refractivity contribution in [3.63, 3.8) is 0 Å². The molecule has 1 N–H and O–H groups in total. The number of benzene rings is 1. The van der Waals surface area contributed by atoms with Crippen LogP contribution in [0.3, 0.4) is 0 Å². The van der Waals surface area contributed by atoms with E-state index in [1.807, 2.05) is 4.90 Å². The van der Waals surface area contributed by atoms with E-state index in [4.69, 9.17) is 9.57 Å². The first-order valence-electron chi connectivity index (χ1n) is 8.68. The zero-order chi connectivity index (χ0) is 19.6. The molecular weight excluding hydrogens is 349 g/mol. The van der Waals surface area contributed by atoms with Gasteiger partial charge in [0.25, 0.3) is 0 Å². The largest absolute Gasteiger partial charge is 0.399 e. The number of aromatic nitrogens is 1. The monoisotopic (exact) mass is 373 g/mol. The molecule has 7 heteroatoms. The summed E-state index contributed by atoms with van der Waals surface area (Å²) < 4.78 is 19.9. The van der Waals surface area contributed by atoms with Crippen molar-refractivity contribution in [3.8, 4) is 11.1 Å². The number of hydrogen-bond donors (Lipinski definition) is 1. The first-order valence-corrected chi connectivity index (χ1v) is 8.68. The maximum atomic E-state index is 14.8. The third kappa shape index (κ3) is 3.94. The average Bonchev–Trinajstić information content (AvgIpc) is 2.59. The van der Waals surface area contributed by atoms with Gasteiger partial charge in [0.15, 0.2) is 0 Å². The zero-order valence-corrected chi connectivity index (χ0v) is 16.0. The number of methoxy groups -OCH3 is 1. The van der Waals surface area contributed by atoms with Gasteiger partial charge < -0.3 is 19.6 Å². The third-order valence-electron chi connectivity index (χ3n) is 4.48. The van der Waals surface area contributed by atoms with Crippen LogP contribution in [0.15, 0.2) is 35.6 Å². The van der Waals surface area contributed by atoms with Crippen LogP contribution in [-0.4, -0.2) is 43.1 Å². The highest BCUT2D eigenvalue weighted by atomic mass is 19.1. The molecule has 0 saturated carbocycles. The summed E-state index contributed by atoms with van der Waals surface area (Å²) in [6.07, 6.45) is 1.63. The molecule has 3 rings (SSSR count). The molecule has 2 heterocycles. The van der Waals surface area contributed by atoms with E-state index in [0.717, 1.165) is 5.71 Å². The summed E-state index contributed by atoms with van der Waals surface area (Å²) in [6.45, 7) is 4.75. The Morgan fingerprint density at radius 3 is 2.67 bits per heavy atom. The van der Waals surface area contributed by atoms with Gasteiger partial charge in [-0.05, 0) is 19.9 Å². The molecule has 0 bridgehead atoms. The Morgan fingerprint density at radius 2 is 2.04 bits per heavy atom. The number of rotatable bonds is 6. The number of pyridine rings is 1. The molecule has 0 spiro atoms. The first kappa shape index (κ1) is 19.3. The van der Waals surface area contributed by atoms with Crippen LogP contribution >= 0.6 is 0 Å². The fourth-order valence-electron chi connectivity index (χ4n) is 3.11. The fourth-order valence-corrected chi connectivity index (χ4v) is 3.11. The number of halogens is 1. The van der Waals surface area contributed by atoms with Crippen LogP contribution in [0.4, 0.5) is 10.2 Å². The smallest absolute Gasteiger partial charge is 0.136 e. The van der Waals surface area contributed by atoms with Crippen molar-refractivity contribution in [1.82, 2.24) is 4.98 Å². The quantitative estimate of drug-likeness (QED) is 0.788. The van der Waals surface area contributed by atoms with Gasteiger partial charge in [0.1, 0.15) is 18.7 Å². The Morgan fingerprint density at radius 1 is 1.30 bits per heavy atom. The van der Waals surface area contributed by atoms with Gasteiger partial charge >= 0.3 is 0 Å². The van der Waals surface area contributed by atoms with Crippen molar-refractivity contribution >= 4 is 11.5 Å². The van der Waals surface area contributed by atoms with Crippen LogP contribution < -0.4 is 4.90 Å². The highest BCUT2D eigenvalue weighted by Crippen LogP contribution is 2.35. The Hall–Kier alpha value is -2.51. The molecule has 0 unspecified atom stereocenters. The summed E-state index contributed by atoms with van der Waals surface area (Å²) in [5.74, 6) is 0.323. The fraction of sp³-hybridized carbons (Fsp3) is 0.400. The summed E-state index contributed by atoms with van der Waals surface area (Å²) in [6, 6.07) is 6.97. The SMILES string of the molecule is COCc1cccc(-c2cnc(N3CC(=NOC)C3)c(C(C)(C)O)c2)c1F. The molecule has 1 aromatic carbocycles. The Labute approximate surface area is 158 Å². The number of ether oxygens (including phenoxy) is 1. The van der Waals surface area contributed by atoms with E-state index in [1.165, 1.54) is 14.2 Å². The van der Waals surface area contributed by atoms with E-state index < -0.39 is 5.60 Å². The minimum Gasteiger partial charge on any atom is -0.399 e. The number of aliphatic hydroxyl groups is 1. The van der Waals surface area contributed by atoms with Gasteiger partial charge in [0.2, 0.25) is 0 Å². The minimum absolute atomic E-state index is 0.193. The molecule has 6 nitrogen and oxygen atoms in total. The van der Waals surface area contributed by atoms with Crippen molar-refractivity contribution in [3.05, 3.63) is 47.4 Å². The van der Waals surface area contributed by atoms with E-state index in [9.17, 15) is 9.50 Å². The van der Waals surface area contributed by atoms with Crippen molar-refractivity contribution in [2.45, 2.75) is 26.1 Å². The predicted octanol–water partition coefficient (Wildman–Crippen LogP) is 3.08. The molecule has 2 aromatic rings. The molecule has 0 atom stereocenters. The molecule has 1 aliphatic rings. The molecule has 0 aliphatic carbocycles. The van der Waals surface area contributed by atoms with Crippen LogP contribution in [0.5, 0.6) is 0 Å². The molecule has 144 valence electrons. The normalized spacial score (nSPS) is 14.1. The molecule has 27 heavy (non-hydrogen) atoms. The van der Waals surface area contributed by atoms with E-state index in [-0.39, 0.29) is 12.4 Å². The second-order valence-corrected chi connectivity index (χ2v) is 7.06. The molecule has 1 aromatic heterocycles. The van der Waals surface area contributed by atoms with Crippen LogP contribution in [0.25, 0.3) is 11.1 Å². The Kier molecular flexibility index (Phi) is 5.43. The van der Waals surface area contributed by atoms with Gasteiger partial charge in [-0.2, -0.15) is 0 Å². The average molecular weight is 373 g/mol. The van der Waals surface area contributed by atoms with Gasteiger partial charge in [-0.15, -0.1) is 0 Å². The predicted molar refractivity (Wildman–Crippen MR) is 102 cm³/mol. The molecule has 1 fully saturated rings. The molecule has 1 aliphatic heterocycles. The lowest BCUT2D eigenvalue weighted by molar-refractivity contribution is 0.0787. The second kappa shape index (κ2) is 7.62. The highest BCUT2D eigenvalue weighted by Gasteiger charge is 2.31. The number of anilines is 1. The third-order valence-corrected chi connectivity index (χ3v) is 4.48. The van der Waals surface area contributed by atoms with Gasteiger partial charge in [-0.25, -0.2) is 9.37 Å². The van der Waals surface area contributed by atoms with Crippen molar-refractivity contribution in [2.24, 2.45) is 5.16 Å². The summed E-state index contributed by atoms with van der Waals surface area (Å²) in [7, 11) is 3.04. The number of nitrogens with zero attached hydrogens (tertiary/aromatic N) is 3. The Balaban J connectivity index is 2.00. The first-order chi connectivity index (χ1) is 12.8. The summed E-state index contributed by atoms with van der Waals surface area (Å²) in [4.78, 5) is 11.3. The summed E-state index contributed by atoms with van der Waals surface area (Å²) in [5.41, 5.74) is 1.92. The van der Waals surface area contributed by atoms with Crippen LogP contribution in [0.1, 0.15) is 25.0 Å². The van der Waals surface area contributed by atoms with Crippen molar-refractivity contribution in [1.29, 1.82) is 0 Å². The van der Waals surface area contributed by atoms with Gasteiger partial charge in [0, 0.05) is 35.6 Å². The lowest BCUT2D eigenvalue weighted by Crippen LogP contribution is -2.49. The molecule has 0 radical (unpaired) electrons. The van der Waals surface area contributed by atoms with E-state index in [2.05, 4.69) is 10.1 Å². The molecule has 0 amide bonds. The molecule has 1 saturated heterocycles. The number of hydrogen-bond acceptors (Lipinski definition) is 6. The van der Waals surface area contributed by atoms with Crippen molar-refractivity contribution in [2.75, 3.05) is 32.2 Å². The van der Waals surface area contributed by atoms with Crippen LogP contribution in [-0.2, 0) is 21.8 Å². The maximum Gasteiger partial charge on any atom is 0.136 e.